The summed E-state index contributed by atoms with van der Waals surface area (Å²) in [5, 5.41) is 10.1. The fraction of sp³-hybridized carbons (Fsp3) is 0.706. The lowest BCUT2D eigenvalue weighted by atomic mass is 10.0. The van der Waals surface area contributed by atoms with Crippen LogP contribution in [0.4, 0.5) is 4.79 Å². The monoisotopic (exact) mass is 337 g/mol. The molecule has 7 heteroatoms. The van der Waals surface area contributed by atoms with Crippen LogP contribution < -0.4 is 0 Å². The molecule has 0 saturated carbocycles. The highest BCUT2D eigenvalue weighted by Crippen LogP contribution is 2.20. The molecule has 0 aliphatic carbocycles. The van der Waals surface area contributed by atoms with Crippen LogP contribution in [0.25, 0.3) is 0 Å². The molecular formula is C17H27N3O4. The Kier molecular flexibility index (Phi) is 5.76. The van der Waals surface area contributed by atoms with E-state index >= 15 is 0 Å². The minimum Gasteiger partial charge on any atom is -0.467 e. The summed E-state index contributed by atoms with van der Waals surface area (Å²) in [5.41, 5.74) is 0. The molecule has 2 amide bonds. The maximum atomic E-state index is 12.1. The smallest absolute Gasteiger partial charge is 0.320 e. The molecule has 7 nitrogen and oxygen atoms in total. The Morgan fingerprint density at radius 1 is 1.33 bits per heavy atom. The number of hydrogen-bond donors (Lipinski definition) is 1. The summed E-state index contributed by atoms with van der Waals surface area (Å²) in [6, 6.07) is 4.17. The minimum atomic E-state index is -0.504. The highest BCUT2D eigenvalue weighted by atomic mass is 16.5. The van der Waals surface area contributed by atoms with E-state index in [1.54, 1.807) is 11.2 Å². The van der Waals surface area contributed by atoms with Crippen molar-refractivity contribution in [3.05, 3.63) is 24.2 Å². The van der Waals surface area contributed by atoms with Crippen LogP contribution in [0.5, 0.6) is 0 Å². The van der Waals surface area contributed by atoms with Gasteiger partial charge in [-0.05, 0) is 25.0 Å². The van der Waals surface area contributed by atoms with Crippen molar-refractivity contribution in [1.82, 2.24) is 14.7 Å². The van der Waals surface area contributed by atoms with Gasteiger partial charge in [-0.1, -0.05) is 0 Å². The van der Waals surface area contributed by atoms with Gasteiger partial charge in [0.25, 0.3) is 0 Å². The molecule has 134 valence electrons. The molecule has 0 radical (unpaired) electrons. The average molecular weight is 337 g/mol. The summed E-state index contributed by atoms with van der Waals surface area (Å²) >= 11 is 0. The van der Waals surface area contributed by atoms with Crippen LogP contribution in [0.1, 0.15) is 18.6 Å². The molecule has 24 heavy (non-hydrogen) atoms. The molecule has 1 unspecified atom stereocenters. The Morgan fingerprint density at radius 3 is 2.75 bits per heavy atom. The number of urea groups is 1. The molecule has 3 heterocycles. The van der Waals surface area contributed by atoms with Gasteiger partial charge in [-0.25, -0.2) is 4.79 Å². The summed E-state index contributed by atoms with van der Waals surface area (Å²) in [6.07, 6.45) is 3.05. The Morgan fingerprint density at radius 2 is 2.12 bits per heavy atom. The van der Waals surface area contributed by atoms with E-state index in [0.717, 1.165) is 44.8 Å². The maximum absolute atomic E-state index is 12.1. The van der Waals surface area contributed by atoms with E-state index in [1.165, 1.54) is 0 Å². The Bertz CT molecular complexity index is 514. The Hall–Kier alpha value is -1.57. The number of hydrogen-bond acceptors (Lipinski definition) is 5. The van der Waals surface area contributed by atoms with Crippen LogP contribution in [0, 0.1) is 0 Å². The minimum absolute atomic E-state index is 0.153. The summed E-state index contributed by atoms with van der Waals surface area (Å²) in [4.78, 5) is 18.1. The number of likely N-dealkylation sites (N-methyl/N-ethyl adjacent to an activating group) is 1. The first-order chi connectivity index (χ1) is 11.6. The SMILES string of the molecule is CN1CCN(C2CCN(CC(O)COCc3ccco3)CC2)C1=O. The number of ether oxygens (including phenoxy) is 1. The first kappa shape index (κ1) is 17.3. The van der Waals surface area contributed by atoms with Crippen molar-refractivity contribution in [1.29, 1.82) is 0 Å². The molecular weight excluding hydrogens is 310 g/mol. The van der Waals surface area contributed by atoms with Gasteiger partial charge in [0, 0.05) is 45.8 Å². The van der Waals surface area contributed by atoms with E-state index in [-0.39, 0.29) is 6.03 Å². The lowest BCUT2D eigenvalue weighted by Crippen LogP contribution is -2.48. The zero-order chi connectivity index (χ0) is 16.9. The fourth-order valence-electron chi connectivity index (χ4n) is 3.46. The van der Waals surface area contributed by atoms with Crippen molar-refractivity contribution in [2.75, 3.05) is 46.4 Å². The van der Waals surface area contributed by atoms with Crippen LogP contribution in [0.15, 0.2) is 22.8 Å². The van der Waals surface area contributed by atoms with Gasteiger partial charge in [0.15, 0.2) is 0 Å². The zero-order valence-corrected chi connectivity index (χ0v) is 14.3. The van der Waals surface area contributed by atoms with Crippen LogP contribution >= 0.6 is 0 Å². The number of β-amino-alcohol motifs (C(OH)–C–C–N with tert-alkyl or cyclic N) is 1. The average Bonchev–Trinajstić information content (AvgIpc) is 3.20. The molecule has 1 N–H and O–H groups in total. The van der Waals surface area contributed by atoms with E-state index in [1.807, 2.05) is 24.1 Å². The normalized spacial score (nSPS) is 21.7. The standard InChI is InChI=1S/C17H27N3O4/c1-18-8-9-20(17(18)22)14-4-6-19(7-5-14)11-15(21)12-23-13-16-3-2-10-24-16/h2-3,10,14-15,21H,4-9,11-13H2,1H3. The lowest BCUT2D eigenvalue weighted by molar-refractivity contribution is -0.000815. The van der Waals surface area contributed by atoms with Crippen molar-refractivity contribution in [3.63, 3.8) is 0 Å². The summed E-state index contributed by atoms with van der Waals surface area (Å²) in [6.45, 7) is 4.78. The number of likely N-dealkylation sites (tertiary alicyclic amines) is 1. The van der Waals surface area contributed by atoms with Gasteiger partial charge in [-0.2, -0.15) is 0 Å². The zero-order valence-electron chi connectivity index (χ0n) is 14.3. The number of piperidine rings is 1. The largest absolute Gasteiger partial charge is 0.467 e. The molecule has 2 fully saturated rings. The highest BCUT2D eigenvalue weighted by molar-refractivity contribution is 5.76. The third kappa shape index (κ3) is 4.28. The van der Waals surface area contributed by atoms with Gasteiger partial charge in [0.2, 0.25) is 0 Å². The van der Waals surface area contributed by atoms with Crippen molar-refractivity contribution < 1.29 is 19.1 Å². The number of aliphatic hydroxyl groups is 1. The predicted octanol–water partition coefficient (Wildman–Crippen LogP) is 0.989. The third-order valence-electron chi connectivity index (χ3n) is 4.85. The summed E-state index contributed by atoms with van der Waals surface area (Å²) in [7, 11) is 1.86. The van der Waals surface area contributed by atoms with E-state index < -0.39 is 6.10 Å². The van der Waals surface area contributed by atoms with Crippen LogP contribution in [0.2, 0.25) is 0 Å². The molecule has 0 aromatic carbocycles. The maximum Gasteiger partial charge on any atom is 0.320 e. The number of aliphatic hydroxyl groups excluding tert-OH is 1. The van der Waals surface area contributed by atoms with Gasteiger partial charge in [0.05, 0.1) is 19.0 Å². The van der Waals surface area contributed by atoms with Crippen molar-refractivity contribution in [3.8, 4) is 0 Å². The summed E-state index contributed by atoms with van der Waals surface area (Å²) in [5.74, 6) is 0.767. The second-order valence-electron chi connectivity index (χ2n) is 6.68. The molecule has 1 atom stereocenters. The van der Waals surface area contributed by atoms with Crippen molar-refractivity contribution >= 4 is 6.03 Å². The Balaban J connectivity index is 1.33. The number of rotatable bonds is 7. The van der Waals surface area contributed by atoms with Gasteiger partial charge in [0.1, 0.15) is 12.4 Å². The number of carbonyl (C=O) groups is 1. The molecule has 0 bridgehead atoms. The second-order valence-corrected chi connectivity index (χ2v) is 6.68. The van der Waals surface area contributed by atoms with Gasteiger partial charge in [-0.15, -0.1) is 0 Å². The van der Waals surface area contributed by atoms with Crippen LogP contribution in [-0.4, -0.2) is 84.4 Å². The number of amides is 2. The first-order valence-corrected chi connectivity index (χ1v) is 8.66. The lowest BCUT2D eigenvalue weighted by Gasteiger charge is -2.37. The van der Waals surface area contributed by atoms with E-state index in [9.17, 15) is 9.90 Å². The molecule has 2 aliphatic rings. The van der Waals surface area contributed by atoms with Crippen molar-refractivity contribution in [2.45, 2.75) is 31.6 Å². The van der Waals surface area contributed by atoms with E-state index in [0.29, 0.717) is 25.8 Å². The first-order valence-electron chi connectivity index (χ1n) is 8.66. The quantitative estimate of drug-likeness (QED) is 0.803. The van der Waals surface area contributed by atoms with Gasteiger partial charge < -0.3 is 29.0 Å². The molecule has 1 aromatic heterocycles. The number of furan rings is 1. The fourth-order valence-corrected chi connectivity index (χ4v) is 3.46. The molecule has 0 spiro atoms. The second kappa shape index (κ2) is 8.00. The summed E-state index contributed by atoms with van der Waals surface area (Å²) < 4.78 is 10.7. The highest BCUT2D eigenvalue weighted by Gasteiger charge is 2.33. The third-order valence-corrected chi connectivity index (χ3v) is 4.85. The molecule has 3 rings (SSSR count). The molecule has 2 aliphatic heterocycles. The number of nitrogens with zero attached hydrogens (tertiary/aromatic N) is 3. The van der Waals surface area contributed by atoms with Gasteiger partial charge >= 0.3 is 6.03 Å². The molecule has 2 saturated heterocycles. The van der Waals surface area contributed by atoms with Crippen molar-refractivity contribution in [2.24, 2.45) is 0 Å². The Labute approximate surface area is 142 Å². The predicted molar refractivity (Wildman–Crippen MR) is 88.6 cm³/mol. The van der Waals surface area contributed by atoms with E-state index in [2.05, 4.69) is 4.90 Å². The van der Waals surface area contributed by atoms with Gasteiger partial charge in [-0.3, -0.25) is 0 Å². The van der Waals surface area contributed by atoms with Crippen LogP contribution in [0.3, 0.4) is 0 Å². The molecule has 1 aromatic rings. The van der Waals surface area contributed by atoms with E-state index in [4.69, 9.17) is 9.15 Å². The number of carbonyl (C=O) groups excluding carboxylic acids is 1. The topological polar surface area (TPSA) is 69.4 Å². The van der Waals surface area contributed by atoms with Crippen LogP contribution in [-0.2, 0) is 11.3 Å².